The quantitative estimate of drug-likeness (QED) is 0.389. The van der Waals surface area contributed by atoms with Gasteiger partial charge in [0, 0.05) is 23.1 Å². The van der Waals surface area contributed by atoms with Gasteiger partial charge in [-0.2, -0.15) is 0 Å². The number of anilines is 3. The first-order chi connectivity index (χ1) is 15.9. The molecule has 166 valence electrons. The number of pyridine rings is 2. The highest BCUT2D eigenvalue weighted by Gasteiger charge is 2.20. The number of rotatable bonds is 7. The van der Waals surface area contributed by atoms with Crippen molar-refractivity contribution in [2.45, 2.75) is 4.90 Å². The maximum atomic E-state index is 12.5. The molecule has 0 aliphatic rings. The molecule has 4 aromatic rings. The van der Waals surface area contributed by atoms with Crippen LogP contribution in [0.25, 0.3) is 11.1 Å². The van der Waals surface area contributed by atoms with Crippen molar-refractivity contribution in [3.05, 3.63) is 96.3 Å². The fourth-order valence-electron chi connectivity index (χ4n) is 3.10. The number of para-hydroxylation sites is 1. The van der Waals surface area contributed by atoms with Gasteiger partial charge in [0.25, 0.3) is 0 Å². The van der Waals surface area contributed by atoms with Crippen molar-refractivity contribution in [2.75, 3.05) is 16.4 Å². The molecule has 0 saturated heterocycles. The Kier molecular flexibility index (Phi) is 6.67. The third kappa shape index (κ3) is 5.94. The molecule has 0 unspecified atom stereocenters. The Morgan fingerprint density at radius 1 is 0.818 bits per heavy atom. The van der Waals surface area contributed by atoms with Crippen LogP contribution in [-0.4, -0.2) is 30.0 Å². The molecule has 0 radical (unpaired) electrons. The van der Waals surface area contributed by atoms with E-state index < -0.39 is 21.5 Å². The summed E-state index contributed by atoms with van der Waals surface area (Å²) in [5, 5.41) is 6.21. The van der Waals surface area contributed by atoms with Crippen molar-refractivity contribution in [1.82, 2.24) is 9.97 Å². The highest BCUT2D eigenvalue weighted by atomic mass is 35.5. The maximum Gasteiger partial charge on any atom is 0.241 e. The Labute approximate surface area is 196 Å². The molecule has 2 aromatic carbocycles. The summed E-state index contributed by atoms with van der Waals surface area (Å²) >= 11 is 5.80. The number of hydrogen-bond acceptors (Lipinski definition) is 6. The average molecular weight is 479 g/mol. The molecule has 1 amide bonds. The molecule has 0 fully saturated rings. The second kappa shape index (κ2) is 9.81. The van der Waals surface area contributed by atoms with Gasteiger partial charge in [-0.15, -0.1) is 0 Å². The first kappa shape index (κ1) is 22.4. The van der Waals surface area contributed by atoms with E-state index in [9.17, 15) is 13.2 Å². The van der Waals surface area contributed by atoms with Crippen LogP contribution in [0.3, 0.4) is 0 Å². The minimum atomic E-state index is -3.81. The summed E-state index contributed by atoms with van der Waals surface area (Å²) < 4.78 is 25.0. The Morgan fingerprint density at radius 2 is 1.42 bits per heavy atom. The summed E-state index contributed by atoms with van der Waals surface area (Å²) in [5.41, 5.74) is 2.56. The first-order valence-corrected chi connectivity index (χ1v) is 11.9. The molecular weight excluding hydrogens is 460 g/mol. The molecule has 9 heteroatoms. The zero-order valence-corrected chi connectivity index (χ0v) is 18.8. The highest BCUT2D eigenvalue weighted by molar-refractivity contribution is 7.92. The van der Waals surface area contributed by atoms with Gasteiger partial charge in [0.2, 0.25) is 5.91 Å². The van der Waals surface area contributed by atoms with E-state index in [0.717, 1.165) is 16.8 Å². The monoisotopic (exact) mass is 478 g/mol. The normalized spacial score (nSPS) is 11.1. The van der Waals surface area contributed by atoms with Crippen molar-refractivity contribution >= 4 is 44.7 Å². The number of sulfone groups is 1. The van der Waals surface area contributed by atoms with Gasteiger partial charge >= 0.3 is 0 Å². The Hall–Kier alpha value is -3.75. The molecule has 2 aromatic heterocycles. The Bertz CT molecular complexity index is 1380. The van der Waals surface area contributed by atoms with Gasteiger partial charge < -0.3 is 10.6 Å². The van der Waals surface area contributed by atoms with Crippen LogP contribution in [-0.2, 0) is 14.6 Å². The van der Waals surface area contributed by atoms with Crippen molar-refractivity contribution in [3.63, 3.8) is 0 Å². The first-order valence-electron chi connectivity index (χ1n) is 9.92. The maximum absolute atomic E-state index is 12.5. The Morgan fingerprint density at radius 3 is 2.09 bits per heavy atom. The predicted molar refractivity (Wildman–Crippen MR) is 129 cm³/mol. The minimum absolute atomic E-state index is 0.0268. The van der Waals surface area contributed by atoms with E-state index >= 15 is 0 Å². The highest BCUT2D eigenvalue weighted by Crippen LogP contribution is 2.24. The number of halogens is 1. The van der Waals surface area contributed by atoms with Crippen molar-refractivity contribution in [3.8, 4) is 11.1 Å². The molecule has 2 heterocycles. The Balaban J connectivity index is 1.47. The molecule has 0 spiro atoms. The number of nitrogens with zero attached hydrogens (tertiary/aromatic N) is 2. The molecule has 2 N–H and O–H groups in total. The number of amides is 1. The minimum Gasteiger partial charge on any atom is -0.340 e. The smallest absolute Gasteiger partial charge is 0.241 e. The molecule has 0 atom stereocenters. The van der Waals surface area contributed by atoms with Crippen molar-refractivity contribution in [1.29, 1.82) is 0 Å². The number of hydrogen-bond donors (Lipinski definition) is 2. The van der Waals surface area contributed by atoms with Crippen LogP contribution in [0.15, 0.2) is 96.2 Å². The van der Waals surface area contributed by atoms with Gasteiger partial charge in [-0.1, -0.05) is 29.8 Å². The van der Waals surface area contributed by atoms with Crippen LogP contribution in [0.1, 0.15) is 0 Å². The molecule has 0 saturated carbocycles. The standard InChI is InChI=1S/C24H19ClN4O3S/c25-19-6-8-21(9-7-19)33(31,32)16-24(30)29-23-15-18(11-13-27-23)17-10-12-26-22(14-17)28-20-4-2-1-3-5-20/h1-15H,16H2,(H,26,28)(H,27,29,30). The second-order valence-corrected chi connectivity index (χ2v) is 9.54. The number of carbonyl (C=O) groups is 1. The lowest BCUT2D eigenvalue weighted by atomic mass is 10.1. The van der Waals surface area contributed by atoms with E-state index in [1.807, 2.05) is 42.5 Å². The number of aromatic nitrogens is 2. The van der Waals surface area contributed by atoms with Gasteiger partial charge in [-0.3, -0.25) is 4.79 Å². The van der Waals surface area contributed by atoms with E-state index in [4.69, 9.17) is 11.6 Å². The lowest BCUT2D eigenvalue weighted by Gasteiger charge is -2.09. The molecule has 0 bridgehead atoms. The second-order valence-electron chi connectivity index (χ2n) is 7.11. The lowest BCUT2D eigenvalue weighted by molar-refractivity contribution is -0.113. The molecule has 4 rings (SSSR count). The molecule has 0 aliphatic heterocycles. The van der Waals surface area contributed by atoms with Gasteiger partial charge in [-0.25, -0.2) is 18.4 Å². The van der Waals surface area contributed by atoms with Crippen molar-refractivity contribution < 1.29 is 13.2 Å². The third-order valence-corrected chi connectivity index (χ3v) is 6.55. The van der Waals surface area contributed by atoms with E-state index in [-0.39, 0.29) is 10.7 Å². The fraction of sp³-hybridized carbons (Fsp3) is 0.0417. The van der Waals surface area contributed by atoms with Crippen LogP contribution in [0.5, 0.6) is 0 Å². The zero-order valence-electron chi connectivity index (χ0n) is 17.3. The summed E-state index contributed by atoms with van der Waals surface area (Å²) in [6.07, 6.45) is 3.22. The zero-order chi connectivity index (χ0) is 23.3. The predicted octanol–water partition coefficient (Wildman–Crippen LogP) is 4.95. The van der Waals surface area contributed by atoms with Gasteiger partial charge in [-0.05, 0) is 71.8 Å². The van der Waals surface area contributed by atoms with E-state index in [2.05, 4.69) is 20.6 Å². The van der Waals surface area contributed by atoms with Crippen LogP contribution in [0.2, 0.25) is 5.02 Å². The van der Waals surface area contributed by atoms with Gasteiger partial charge in [0.1, 0.15) is 17.4 Å². The number of benzene rings is 2. The number of carbonyl (C=O) groups excluding carboxylic acids is 1. The van der Waals surface area contributed by atoms with E-state index in [1.54, 1.807) is 24.5 Å². The van der Waals surface area contributed by atoms with Crippen LogP contribution in [0, 0.1) is 0 Å². The van der Waals surface area contributed by atoms with E-state index in [0.29, 0.717) is 10.8 Å². The molecule has 7 nitrogen and oxygen atoms in total. The van der Waals surface area contributed by atoms with Gasteiger partial charge in [0.05, 0.1) is 4.90 Å². The summed E-state index contributed by atoms with van der Waals surface area (Å²) in [6, 6.07) is 22.5. The van der Waals surface area contributed by atoms with Crippen LogP contribution < -0.4 is 10.6 Å². The summed E-state index contributed by atoms with van der Waals surface area (Å²) in [4.78, 5) is 20.9. The van der Waals surface area contributed by atoms with Crippen molar-refractivity contribution in [2.24, 2.45) is 0 Å². The molecular formula is C24H19ClN4O3S. The number of nitrogens with one attached hydrogen (secondary N) is 2. The average Bonchev–Trinajstić information content (AvgIpc) is 2.80. The van der Waals surface area contributed by atoms with Gasteiger partial charge in [0.15, 0.2) is 9.84 Å². The van der Waals surface area contributed by atoms with E-state index in [1.165, 1.54) is 24.3 Å². The fourth-order valence-corrected chi connectivity index (χ4v) is 4.36. The molecule has 33 heavy (non-hydrogen) atoms. The summed E-state index contributed by atoms with van der Waals surface area (Å²) in [6.45, 7) is 0. The van der Waals surface area contributed by atoms with Crippen LogP contribution in [0.4, 0.5) is 17.3 Å². The third-order valence-electron chi connectivity index (χ3n) is 4.66. The lowest BCUT2D eigenvalue weighted by Crippen LogP contribution is -2.23. The summed E-state index contributed by atoms with van der Waals surface area (Å²) in [7, 11) is -3.81. The summed E-state index contributed by atoms with van der Waals surface area (Å²) in [5.74, 6) is -0.481. The largest absolute Gasteiger partial charge is 0.340 e. The topological polar surface area (TPSA) is 101 Å². The molecule has 0 aliphatic carbocycles. The SMILES string of the molecule is O=C(CS(=O)(=O)c1ccc(Cl)cc1)Nc1cc(-c2ccnc(Nc3ccccc3)c2)ccn1. The van der Waals surface area contributed by atoms with Crippen LogP contribution >= 0.6 is 11.6 Å².